The molecule has 0 radical (unpaired) electrons. The third-order valence-corrected chi connectivity index (χ3v) is 9.85. The third kappa shape index (κ3) is 6.20. The number of anilines is 1. The molecule has 3 heterocycles. The molecule has 1 amide bonds. The average Bonchev–Trinajstić information content (AvgIpc) is 3.41. The number of ketones is 1. The van der Waals surface area contributed by atoms with Crippen LogP contribution in [0.25, 0.3) is 0 Å². The average molecular weight is 603 g/mol. The molecule has 9 nitrogen and oxygen atoms in total. The van der Waals surface area contributed by atoms with E-state index in [0.717, 1.165) is 61.0 Å². The zero-order valence-corrected chi connectivity index (χ0v) is 26.4. The Morgan fingerprint density at radius 1 is 1.18 bits per heavy atom. The molecule has 0 bridgehead atoms. The summed E-state index contributed by atoms with van der Waals surface area (Å²) in [6.07, 6.45) is 5.21. The largest absolute Gasteiger partial charge is 0.462 e. The lowest BCUT2D eigenvalue weighted by molar-refractivity contribution is -0.131. The van der Waals surface area contributed by atoms with Crippen LogP contribution < -0.4 is 9.64 Å². The topological polar surface area (TPSA) is 103 Å². The molecule has 1 aromatic heterocycles. The smallest absolute Gasteiger partial charge is 0.318 e. The van der Waals surface area contributed by atoms with Crippen molar-refractivity contribution in [3.63, 3.8) is 0 Å². The summed E-state index contributed by atoms with van der Waals surface area (Å²) in [4.78, 5) is 41.6. The molecule has 2 aliphatic heterocycles. The number of likely N-dealkylation sites (tertiary alicyclic amines) is 1. The summed E-state index contributed by atoms with van der Waals surface area (Å²) in [5.74, 6) is -1.06. The molecular weight excluding hydrogens is 559 g/mol. The van der Waals surface area contributed by atoms with E-state index in [2.05, 4.69) is 49.7 Å². The van der Waals surface area contributed by atoms with Crippen LogP contribution in [0.15, 0.2) is 30.6 Å². The molecule has 44 heavy (non-hydrogen) atoms. The van der Waals surface area contributed by atoms with E-state index in [1.807, 2.05) is 11.8 Å². The van der Waals surface area contributed by atoms with Crippen LogP contribution in [0.1, 0.15) is 67.0 Å². The second kappa shape index (κ2) is 13.0. The Morgan fingerprint density at radius 2 is 1.98 bits per heavy atom. The molecule has 2 saturated heterocycles. The van der Waals surface area contributed by atoms with Crippen LogP contribution >= 0.6 is 0 Å². The Bertz CT molecular complexity index is 1490. The van der Waals surface area contributed by atoms with Gasteiger partial charge in [0.25, 0.3) is 5.91 Å². The molecule has 2 fully saturated rings. The van der Waals surface area contributed by atoms with Crippen LogP contribution in [-0.2, 0) is 27.8 Å². The van der Waals surface area contributed by atoms with Gasteiger partial charge in [-0.1, -0.05) is 30.3 Å². The van der Waals surface area contributed by atoms with Crippen molar-refractivity contribution in [2.75, 3.05) is 44.7 Å². The molecule has 2 aromatic rings. The van der Waals surface area contributed by atoms with Gasteiger partial charge in [-0.15, -0.1) is 0 Å². The maximum Gasteiger partial charge on any atom is 0.318 e. The number of amides is 1. The van der Waals surface area contributed by atoms with Crippen LogP contribution in [0.3, 0.4) is 0 Å². The summed E-state index contributed by atoms with van der Waals surface area (Å²) in [5.41, 5.74) is 4.28. The molecule has 234 valence electrons. The fraction of sp³-hybridized carbons (Fsp3) is 0.559. The molecular formula is C34H43FN6O3. The number of nitriles is 1. The standard InChI is InChI=1S/C34H43FN6O3/c1-22-10-11-26-8-6-13-34(25(4)42,29(26)18-22)19-30-23(2)31(38-33(37-30)44-21-28-9-7-15-39(28)5)40-16-17-41(32(43)24(3)35)27(20-40)12-14-36/h10-11,18,27-28H,3,6-9,12-13,15-17,19-21H2,1-2,4-5H3/t27-,28-,34?/m0/s1. The molecule has 0 saturated carbocycles. The van der Waals surface area contributed by atoms with Gasteiger partial charge in [-0.05, 0) is 77.6 Å². The van der Waals surface area contributed by atoms with Crippen molar-refractivity contribution in [1.82, 2.24) is 19.8 Å². The third-order valence-electron chi connectivity index (χ3n) is 9.85. The number of benzene rings is 1. The van der Waals surface area contributed by atoms with Gasteiger partial charge in [0, 0.05) is 37.7 Å². The molecule has 1 aromatic carbocycles. The highest BCUT2D eigenvalue weighted by Gasteiger charge is 2.42. The molecule has 3 aliphatic rings. The number of carbonyl (C=O) groups is 2. The zero-order valence-electron chi connectivity index (χ0n) is 26.4. The van der Waals surface area contributed by atoms with Crippen molar-refractivity contribution in [3.05, 3.63) is 58.6 Å². The number of carbonyl (C=O) groups excluding carboxylic acids is 2. The number of likely N-dealkylation sites (N-methyl/N-ethyl adjacent to an activating group) is 1. The quantitative estimate of drug-likeness (QED) is 0.390. The number of rotatable bonds is 9. The molecule has 1 unspecified atom stereocenters. The predicted octanol–water partition coefficient (Wildman–Crippen LogP) is 4.39. The fourth-order valence-electron chi connectivity index (χ4n) is 7.21. The van der Waals surface area contributed by atoms with E-state index in [1.165, 1.54) is 10.5 Å². The van der Waals surface area contributed by atoms with Gasteiger partial charge < -0.3 is 19.4 Å². The van der Waals surface area contributed by atoms with Crippen LogP contribution in [0.5, 0.6) is 6.01 Å². The first-order valence-electron chi connectivity index (χ1n) is 15.6. The number of nitrogens with zero attached hydrogens (tertiary/aromatic N) is 6. The second-order valence-electron chi connectivity index (χ2n) is 12.7. The molecule has 0 N–H and O–H groups in total. The van der Waals surface area contributed by atoms with E-state index >= 15 is 0 Å². The van der Waals surface area contributed by atoms with Crippen LogP contribution in [-0.4, -0.2) is 83.4 Å². The van der Waals surface area contributed by atoms with E-state index in [0.29, 0.717) is 31.9 Å². The Kier molecular flexibility index (Phi) is 9.35. The maximum atomic E-state index is 13.8. The van der Waals surface area contributed by atoms with Crippen molar-refractivity contribution in [1.29, 1.82) is 5.26 Å². The Balaban J connectivity index is 1.54. The number of Topliss-reactive ketones (excluding diaryl/α,β-unsaturated/α-hetero) is 1. The van der Waals surface area contributed by atoms with Gasteiger partial charge in [-0.25, -0.2) is 4.39 Å². The highest BCUT2D eigenvalue weighted by Crippen LogP contribution is 2.42. The lowest BCUT2D eigenvalue weighted by atomic mass is 9.64. The summed E-state index contributed by atoms with van der Waals surface area (Å²) in [7, 11) is 2.09. The van der Waals surface area contributed by atoms with Gasteiger partial charge in [-0.2, -0.15) is 15.2 Å². The highest BCUT2D eigenvalue weighted by atomic mass is 19.1. The number of hydrogen-bond acceptors (Lipinski definition) is 8. The highest BCUT2D eigenvalue weighted by molar-refractivity contribution is 5.91. The van der Waals surface area contributed by atoms with Crippen molar-refractivity contribution < 1.29 is 18.7 Å². The summed E-state index contributed by atoms with van der Waals surface area (Å²) in [5, 5.41) is 9.51. The van der Waals surface area contributed by atoms with Gasteiger partial charge in [0.1, 0.15) is 18.2 Å². The Hall–Kier alpha value is -3.84. The fourth-order valence-corrected chi connectivity index (χ4v) is 7.21. The van der Waals surface area contributed by atoms with E-state index < -0.39 is 23.2 Å². The van der Waals surface area contributed by atoms with Crippen LogP contribution in [0.2, 0.25) is 0 Å². The van der Waals surface area contributed by atoms with Gasteiger partial charge >= 0.3 is 6.01 Å². The van der Waals surface area contributed by atoms with Gasteiger partial charge in [0.05, 0.1) is 29.6 Å². The lowest BCUT2D eigenvalue weighted by Gasteiger charge is -2.41. The lowest BCUT2D eigenvalue weighted by Crippen LogP contribution is -2.55. The van der Waals surface area contributed by atoms with E-state index in [1.54, 1.807) is 6.92 Å². The Labute approximate surface area is 259 Å². The summed E-state index contributed by atoms with van der Waals surface area (Å²) in [6, 6.07) is 8.55. The Morgan fingerprint density at radius 3 is 2.66 bits per heavy atom. The van der Waals surface area contributed by atoms with Gasteiger partial charge in [-0.3, -0.25) is 9.59 Å². The molecule has 3 atom stereocenters. The number of halogens is 1. The first-order chi connectivity index (χ1) is 21.0. The SMILES string of the molecule is C=C(F)C(=O)N1CCN(c2nc(OC[C@@H]3CCCN3C)nc(CC3(C(C)=O)CCCc4ccc(C)cc43)c2C)C[C@@H]1CC#N. The number of aryl methyl sites for hydroxylation is 2. The zero-order chi connectivity index (χ0) is 31.6. The van der Waals surface area contributed by atoms with Crippen molar-refractivity contribution in [2.24, 2.45) is 0 Å². The van der Waals surface area contributed by atoms with E-state index in [-0.39, 0.29) is 30.8 Å². The van der Waals surface area contributed by atoms with Crippen LogP contribution in [0, 0.1) is 25.2 Å². The first kappa shape index (κ1) is 31.6. The van der Waals surface area contributed by atoms with Crippen LogP contribution in [0.4, 0.5) is 10.2 Å². The predicted molar refractivity (Wildman–Crippen MR) is 166 cm³/mol. The van der Waals surface area contributed by atoms with Gasteiger partial charge in [0.2, 0.25) is 0 Å². The minimum Gasteiger partial charge on any atom is -0.462 e. The van der Waals surface area contributed by atoms with Crippen molar-refractivity contribution in [3.8, 4) is 12.1 Å². The summed E-state index contributed by atoms with van der Waals surface area (Å²) >= 11 is 0. The van der Waals surface area contributed by atoms with E-state index in [9.17, 15) is 19.2 Å². The normalized spacial score (nSPS) is 23.6. The number of ether oxygens (including phenoxy) is 1. The molecule has 0 spiro atoms. The number of aromatic nitrogens is 2. The number of fused-ring (bicyclic) bond motifs is 1. The first-order valence-corrected chi connectivity index (χ1v) is 15.6. The monoisotopic (exact) mass is 602 g/mol. The second-order valence-corrected chi connectivity index (χ2v) is 12.7. The number of hydrogen-bond donors (Lipinski definition) is 0. The number of piperazine rings is 1. The minimum absolute atomic E-state index is 0.0491. The molecule has 5 rings (SSSR count). The maximum absolute atomic E-state index is 13.8. The van der Waals surface area contributed by atoms with Crippen molar-refractivity contribution >= 4 is 17.5 Å². The summed E-state index contributed by atoms with van der Waals surface area (Å²) < 4.78 is 20.1. The molecule has 1 aliphatic carbocycles. The van der Waals surface area contributed by atoms with E-state index in [4.69, 9.17) is 14.7 Å². The van der Waals surface area contributed by atoms with Gasteiger partial charge in [0.15, 0.2) is 5.83 Å². The van der Waals surface area contributed by atoms with Crippen molar-refractivity contribution in [2.45, 2.75) is 83.2 Å². The minimum atomic E-state index is -1.04. The molecule has 10 heteroatoms. The summed E-state index contributed by atoms with van der Waals surface area (Å²) in [6.45, 7) is 11.3.